The second-order valence-corrected chi connectivity index (χ2v) is 9.41. The first-order chi connectivity index (χ1) is 15.1. The maximum absolute atomic E-state index is 14.8. The molecule has 5 nitrogen and oxygen atoms in total. The zero-order valence-electron chi connectivity index (χ0n) is 16.4. The van der Waals surface area contributed by atoms with E-state index in [0.29, 0.717) is 5.02 Å². The molecular weight excluding hydrogens is 483 g/mol. The number of esters is 1. The van der Waals surface area contributed by atoms with E-state index in [4.69, 9.17) is 23.2 Å². The predicted molar refractivity (Wildman–Crippen MR) is 117 cm³/mol. The van der Waals surface area contributed by atoms with Gasteiger partial charge in [-0.3, -0.25) is 4.98 Å². The molecule has 2 aromatic carbocycles. The van der Waals surface area contributed by atoms with Gasteiger partial charge in [-0.05, 0) is 60.2 Å². The van der Waals surface area contributed by atoms with E-state index in [0.717, 1.165) is 30.5 Å². The minimum atomic E-state index is -4.33. The standard InChI is InChI=1S/C22H15Cl2F2NO4S/c1-31-21(28)9-5-15-11-17(19(24)12-27-15)22(18-10-14(25)4-8-20(18)26)32(29,30)16-6-2-13(23)3-7-16/h2-12,22H,1H3/b9-5+. The molecule has 0 aliphatic rings. The summed E-state index contributed by atoms with van der Waals surface area (Å²) >= 11 is 12.1. The van der Waals surface area contributed by atoms with Gasteiger partial charge in [0.05, 0.1) is 22.7 Å². The highest BCUT2D eigenvalue weighted by molar-refractivity contribution is 7.92. The Labute approximate surface area is 193 Å². The summed E-state index contributed by atoms with van der Waals surface area (Å²) in [7, 11) is -3.14. The van der Waals surface area contributed by atoms with E-state index in [-0.39, 0.29) is 21.2 Å². The Morgan fingerprint density at radius 3 is 2.41 bits per heavy atom. The Balaban J connectivity index is 2.26. The van der Waals surface area contributed by atoms with Crippen LogP contribution in [0.4, 0.5) is 8.78 Å². The topological polar surface area (TPSA) is 73.3 Å². The minimum absolute atomic E-state index is 0.0503. The SMILES string of the molecule is COC(=O)/C=C/c1cc(C(c2cc(F)ccc2F)S(=O)(=O)c2ccc(Cl)cc2)c(Cl)cn1. The number of hydrogen-bond donors (Lipinski definition) is 0. The molecule has 0 aliphatic heterocycles. The van der Waals surface area contributed by atoms with Crippen molar-refractivity contribution in [3.63, 3.8) is 0 Å². The van der Waals surface area contributed by atoms with Crippen LogP contribution in [0.2, 0.25) is 10.0 Å². The summed E-state index contributed by atoms with van der Waals surface area (Å²) in [4.78, 5) is 15.2. The summed E-state index contributed by atoms with van der Waals surface area (Å²) in [6.07, 6.45) is 3.51. The maximum Gasteiger partial charge on any atom is 0.330 e. The van der Waals surface area contributed by atoms with Gasteiger partial charge in [0, 0.05) is 22.9 Å². The molecule has 32 heavy (non-hydrogen) atoms. The van der Waals surface area contributed by atoms with Gasteiger partial charge in [0.15, 0.2) is 9.84 Å². The first-order valence-electron chi connectivity index (χ1n) is 8.99. The number of hydrogen-bond acceptors (Lipinski definition) is 5. The van der Waals surface area contributed by atoms with Crippen molar-refractivity contribution < 1.29 is 26.7 Å². The van der Waals surface area contributed by atoms with Crippen molar-refractivity contribution in [2.24, 2.45) is 0 Å². The minimum Gasteiger partial charge on any atom is -0.466 e. The van der Waals surface area contributed by atoms with Crippen molar-refractivity contribution in [2.45, 2.75) is 10.1 Å². The second-order valence-electron chi connectivity index (χ2n) is 6.53. The zero-order valence-corrected chi connectivity index (χ0v) is 18.8. The molecular formula is C22H15Cl2F2NO4S. The number of halogens is 4. The van der Waals surface area contributed by atoms with Gasteiger partial charge in [-0.25, -0.2) is 22.0 Å². The number of carbonyl (C=O) groups is 1. The van der Waals surface area contributed by atoms with Gasteiger partial charge in [0.25, 0.3) is 0 Å². The summed E-state index contributed by atoms with van der Waals surface area (Å²) in [5.74, 6) is -2.42. The molecule has 0 aliphatic carbocycles. The molecule has 1 unspecified atom stereocenters. The average molecular weight is 498 g/mol. The van der Waals surface area contributed by atoms with Gasteiger partial charge in [-0.1, -0.05) is 23.2 Å². The monoisotopic (exact) mass is 497 g/mol. The molecule has 0 amide bonds. The molecule has 0 bridgehead atoms. The molecule has 1 heterocycles. The van der Waals surface area contributed by atoms with Crippen LogP contribution in [0, 0.1) is 11.6 Å². The van der Waals surface area contributed by atoms with Crippen molar-refractivity contribution in [1.29, 1.82) is 0 Å². The van der Waals surface area contributed by atoms with Crippen LogP contribution in [-0.4, -0.2) is 26.5 Å². The highest BCUT2D eigenvalue weighted by Crippen LogP contribution is 2.40. The third-order valence-electron chi connectivity index (χ3n) is 4.47. The molecule has 0 fully saturated rings. The number of benzene rings is 2. The summed E-state index contributed by atoms with van der Waals surface area (Å²) in [6, 6.07) is 9.05. The van der Waals surface area contributed by atoms with E-state index >= 15 is 0 Å². The lowest BCUT2D eigenvalue weighted by Gasteiger charge is -2.21. The number of aromatic nitrogens is 1. The van der Waals surface area contributed by atoms with Crippen LogP contribution < -0.4 is 0 Å². The highest BCUT2D eigenvalue weighted by atomic mass is 35.5. The lowest BCUT2D eigenvalue weighted by Crippen LogP contribution is -2.18. The number of methoxy groups -OCH3 is 1. The fraction of sp³-hybridized carbons (Fsp3) is 0.0909. The molecule has 166 valence electrons. The first kappa shape index (κ1) is 23.8. The number of rotatable bonds is 6. The van der Waals surface area contributed by atoms with Crippen molar-refractivity contribution in [3.8, 4) is 0 Å². The third-order valence-corrected chi connectivity index (χ3v) is 7.10. The van der Waals surface area contributed by atoms with Crippen LogP contribution in [0.1, 0.15) is 22.1 Å². The number of ether oxygens (including phenoxy) is 1. The maximum atomic E-state index is 14.8. The number of sulfone groups is 1. The average Bonchev–Trinajstić information content (AvgIpc) is 2.76. The lowest BCUT2D eigenvalue weighted by molar-refractivity contribution is -0.134. The van der Waals surface area contributed by atoms with Crippen LogP contribution >= 0.6 is 23.2 Å². The summed E-state index contributed by atoms with van der Waals surface area (Å²) < 4.78 is 60.4. The first-order valence-corrected chi connectivity index (χ1v) is 11.3. The normalized spacial score (nSPS) is 12.7. The molecule has 10 heteroatoms. The quantitative estimate of drug-likeness (QED) is 0.336. The molecule has 1 aromatic heterocycles. The molecule has 1 atom stereocenters. The van der Waals surface area contributed by atoms with Gasteiger partial charge in [0.1, 0.15) is 16.9 Å². The Hall–Kier alpha value is -2.81. The van der Waals surface area contributed by atoms with E-state index in [1.54, 1.807) is 0 Å². The van der Waals surface area contributed by atoms with Crippen molar-refractivity contribution in [1.82, 2.24) is 4.98 Å². The van der Waals surface area contributed by atoms with Gasteiger partial charge in [0.2, 0.25) is 0 Å². The highest BCUT2D eigenvalue weighted by Gasteiger charge is 2.35. The fourth-order valence-corrected chi connectivity index (χ4v) is 5.20. The van der Waals surface area contributed by atoms with Crippen LogP contribution in [0.25, 0.3) is 6.08 Å². The van der Waals surface area contributed by atoms with Gasteiger partial charge in [-0.2, -0.15) is 0 Å². The van der Waals surface area contributed by atoms with E-state index in [1.165, 1.54) is 43.5 Å². The molecule has 0 saturated carbocycles. The molecule has 3 rings (SSSR count). The third kappa shape index (κ3) is 5.15. The van der Waals surface area contributed by atoms with Crippen molar-refractivity contribution >= 4 is 45.1 Å². The number of carbonyl (C=O) groups excluding carboxylic acids is 1. The fourth-order valence-electron chi connectivity index (χ4n) is 2.96. The molecule has 0 radical (unpaired) electrons. The van der Waals surface area contributed by atoms with Crippen molar-refractivity contribution in [3.05, 3.63) is 99.3 Å². The number of nitrogens with zero attached hydrogens (tertiary/aromatic N) is 1. The second kappa shape index (κ2) is 9.77. The van der Waals surface area contributed by atoms with Gasteiger partial charge in [-0.15, -0.1) is 0 Å². The molecule has 3 aromatic rings. The molecule has 0 spiro atoms. The Bertz CT molecular complexity index is 1300. The number of pyridine rings is 1. The van der Waals surface area contributed by atoms with Gasteiger partial charge >= 0.3 is 5.97 Å². The van der Waals surface area contributed by atoms with Crippen LogP contribution in [-0.2, 0) is 19.4 Å². The Kier molecular flexibility index (Phi) is 7.28. The van der Waals surface area contributed by atoms with E-state index in [2.05, 4.69) is 9.72 Å². The van der Waals surface area contributed by atoms with Gasteiger partial charge < -0.3 is 4.74 Å². The van der Waals surface area contributed by atoms with Crippen LogP contribution in [0.15, 0.2) is 65.7 Å². The smallest absolute Gasteiger partial charge is 0.330 e. The zero-order chi connectivity index (χ0) is 23.5. The molecule has 0 N–H and O–H groups in total. The lowest BCUT2D eigenvalue weighted by atomic mass is 10.0. The summed E-state index contributed by atoms with van der Waals surface area (Å²) in [5, 5.41) is -1.50. The summed E-state index contributed by atoms with van der Waals surface area (Å²) in [6.45, 7) is 0. The van der Waals surface area contributed by atoms with Crippen LogP contribution in [0.5, 0.6) is 0 Å². The van der Waals surface area contributed by atoms with E-state index < -0.39 is 38.3 Å². The van der Waals surface area contributed by atoms with Crippen molar-refractivity contribution in [2.75, 3.05) is 7.11 Å². The largest absolute Gasteiger partial charge is 0.466 e. The Morgan fingerprint density at radius 2 is 1.75 bits per heavy atom. The van der Waals surface area contributed by atoms with E-state index in [1.807, 2.05) is 0 Å². The molecule has 0 saturated heterocycles. The Morgan fingerprint density at radius 1 is 1.06 bits per heavy atom. The predicted octanol–water partition coefficient (Wildman–Crippen LogP) is 5.42. The summed E-state index contributed by atoms with van der Waals surface area (Å²) in [5.41, 5.74) is -0.329. The van der Waals surface area contributed by atoms with E-state index in [9.17, 15) is 22.0 Å². The van der Waals surface area contributed by atoms with Crippen LogP contribution in [0.3, 0.4) is 0 Å².